The van der Waals surface area contributed by atoms with Gasteiger partial charge in [-0.05, 0) is 30.2 Å². The fourth-order valence-electron chi connectivity index (χ4n) is 2.52. The van der Waals surface area contributed by atoms with Crippen molar-refractivity contribution in [3.05, 3.63) is 71.3 Å². The highest BCUT2D eigenvalue weighted by Gasteiger charge is 2.30. The second kappa shape index (κ2) is 8.67. The van der Waals surface area contributed by atoms with Crippen LogP contribution >= 0.6 is 0 Å². The van der Waals surface area contributed by atoms with Crippen LogP contribution in [0.4, 0.5) is 13.2 Å². The highest BCUT2D eigenvalue weighted by Crippen LogP contribution is 2.29. The zero-order valence-electron chi connectivity index (χ0n) is 13.8. The van der Waals surface area contributed by atoms with Crippen molar-refractivity contribution in [1.82, 2.24) is 4.90 Å². The van der Waals surface area contributed by atoms with Gasteiger partial charge >= 0.3 is 6.18 Å². The quantitative estimate of drug-likeness (QED) is 0.829. The maximum atomic E-state index is 12.8. The molecule has 0 unspecified atom stereocenters. The molecule has 134 valence electrons. The zero-order valence-corrected chi connectivity index (χ0v) is 13.8. The molecule has 3 nitrogen and oxygen atoms in total. The molecule has 6 heteroatoms. The fraction of sp³-hybridized carbons (Fsp3) is 0.316. The molecule has 2 aromatic carbocycles. The maximum Gasteiger partial charge on any atom is 0.416 e. The van der Waals surface area contributed by atoms with Gasteiger partial charge < -0.3 is 10.6 Å². The van der Waals surface area contributed by atoms with Gasteiger partial charge in [0.2, 0.25) is 5.91 Å². The van der Waals surface area contributed by atoms with Crippen LogP contribution in [0.25, 0.3) is 0 Å². The van der Waals surface area contributed by atoms with E-state index in [0.29, 0.717) is 31.6 Å². The Kier molecular flexibility index (Phi) is 6.58. The lowest BCUT2D eigenvalue weighted by Crippen LogP contribution is -2.33. The number of benzene rings is 2. The molecule has 0 aromatic heterocycles. The van der Waals surface area contributed by atoms with Crippen LogP contribution in [0.2, 0.25) is 0 Å². The number of alkyl halides is 3. The van der Waals surface area contributed by atoms with E-state index >= 15 is 0 Å². The van der Waals surface area contributed by atoms with E-state index in [-0.39, 0.29) is 12.3 Å². The van der Waals surface area contributed by atoms with Gasteiger partial charge in [-0.2, -0.15) is 13.2 Å². The van der Waals surface area contributed by atoms with Crippen LogP contribution in [-0.2, 0) is 23.9 Å². The summed E-state index contributed by atoms with van der Waals surface area (Å²) in [5, 5.41) is 0. The molecule has 0 spiro atoms. The van der Waals surface area contributed by atoms with E-state index < -0.39 is 11.7 Å². The fourth-order valence-corrected chi connectivity index (χ4v) is 2.52. The molecule has 0 fully saturated rings. The number of hydrogen-bond donors (Lipinski definition) is 1. The number of carbonyl (C=O) groups is 1. The summed E-state index contributed by atoms with van der Waals surface area (Å²) in [6.07, 6.45) is -3.84. The molecule has 0 saturated carbocycles. The third-order valence-corrected chi connectivity index (χ3v) is 3.81. The van der Waals surface area contributed by atoms with Gasteiger partial charge in [0.1, 0.15) is 0 Å². The lowest BCUT2D eigenvalue weighted by molar-refractivity contribution is -0.138. The zero-order chi connectivity index (χ0) is 18.3. The number of hydrogen-bond acceptors (Lipinski definition) is 2. The summed E-state index contributed by atoms with van der Waals surface area (Å²) >= 11 is 0. The molecule has 0 saturated heterocycles. The smallest absolute Gasteiger partial charge is 0.338 e. The van der Waals surface area contributed by atoms with E-state index in [1.54, 1.807) is 4.90 Å². The van der Waals surface area contributed by atoms with Gasteiger partial charge in [-0.3, -0.25) is 4.79 Å². The first kappa shape index (κ1) is 19.0. The lowest BCUT2D eigenvalue weighted by atomic mass is 10.1. The number of amides is 1. The molecule has 2 N–H and O–H groups in total. The first-order valence-electron chi connectivity index (χ1n) is 8.08. The minimum Gasteiger partial charge on any atom is -0.338 e. The summed E-state index contributed by atoms with van der Waals surface area (Å²) in [5.74, 6) is -0.211. The Morgan fingerprint density at radius 3 is 2.32 bits per heavy atom. The minimum atomic E-state index is -4.41. The number of carbonyl (C=O) groups excluding carboxylic acids is 1. The van der Waals surface area contributed by atoms with Gasteiger partial charge in [-0.1, -0.05) is 48.5 Å². The van der Waals surface area contributed by atoms with Crippen LogP contribution < -0.4 is 5.73 Å². The largest absolute Gasteiger partial charge is 0.416 e. The van der Waals surface area contributed by atoms with Crippen molar-refractivity contribution in [3.8, 4) is 0 Å². The predicted octanol–water partition coefficient (Wildman–Crippen LogP) is 3.63. The van der Waals surface area contributed by atoms with E-state index in [4.69, 9.17) is 5.73 Å². The predicted molar refractivity (Wildman–Crippen MR) is 90.7 cm³/mol. The molecular formula is C19H21F3N2O. The SMILES string of the molecule is NCCCN(Cc1ccccc1)C(=O)Cc1cccc(C(F)(F)F)c1. The van der Waals surface area contributed by atoms with E-state index in [9.17, 15) is 18.0 Å². The van der Waals surface area contributed by atoms with Crippen molar-refractivity contribution in [2.24, 2.45) is 5.73 Å². The van der Waals surface area contributed by atoms with E-state index in [1.165, 1.54) is 12.1 Å². The Labute approximate surface area is 145 Å². The Balaban J connectivity index is 2.11. The third kappa shape index (κ3) is 5.90. The number of nitrogens with zero attached hydrogens (tertiary/aromatic N) is 1. The van der Waals surface area contributed by atoms with Crippen LogP contribution in [-0.4, -0.2) is 23.9 Å². The highest BCUT2D eigenvalue weighted by molar-refractivity contribution is 5.78. The summed E-state index contributed by atoms with van der Waals surface area (Å²) in [4.78, 5) is 14.2. The van der Waals surface area contributed by atoms with Gasteiger partial charge in [0, 0.05) is 13.1 Å². The average Bonchev–Trinajstić information content (AvgIpc) is 2.59. The summed E-state index contributed by atoms with van der Waals surface area (Å²) in [6, 6.07) is 14.4. The van der Waals surface area contributed by atoms with Gasteiger partial charge in [-0.25, -0.2) is 0 Å². The van der Waals surface area contributed by atoms with E-state index in [2.05, 4.69) is 0 Å². The average molecular weight is 350 g/mol. The van der Waals surface area contributed by atoms with Crippen molar-refractivity contribution in [1.29, 1.82) is 0 Å². The lowest BCUT2D eigenvalue weighted by Gasteiger charge is -2.23. The third-order valence-electron chi connectivity index (χ3n) is 3.81. The highest BCUT2D eigenvalue weighted by atomic mass is 19.4. The summed E-state index contributed by atoms with van der Waals surface area (Å²) in [6.45, 7) is 1.34. The van der Waals surface area contributed by atoms with Gasteiger partial charge in [0.15, 0.2) is 0 Å². The summed E-state index contributed by atoms with van der Waals surface area (Å²) in [7, 11) is 0. The molecule has 1 amide bonds. The standard InChI is InChI=1S/C19H21F3N2O/c20-19(21,22)17-9-4-8-16(12-17)13-18(25)24(11-5-10-23)14-15-6-2-1-3-7-15/h1-4,6-9,12H,5,10-11,13-14,23H2. The number of nitrogens with two attached hydrogens (primary N) is 1. The van der Waals surface area contributed by atoms with Crippen molar-refractivity contribution in [2.75, 3.05) is 13.1 Å². The Bertz CT molecular complexity index is 687. The number of halogens is 3. The minimum absolute atomic E-state index is 0.0681. The molecule has 2 aromatic rings. The topological polar surface area (TPSA) is 46.3 Å². The molecule has 0 aliphatic carbocycles. The molecule has 0 aliphatic heterocycles. The molecule has 0 bridgehead atoms. The molecule has 0 heterocycles. The Morgan fingerprint density at radius 2 is 1.68 bits per heavy atom. The summed E-state index contributed by atoms with van der Waals surface area (Å²) < 4.78 is 38.4. The molecule has 0 radical (unpaired) electrons. The van der Waals surface area contributed by atoms with Gasteiger partial charge in [0.25, 0.3) is 0 Å². The Morgan fingerprint density at radius 1 is 1.00 bits per heavy atom. The molecular weight excluding hydrogens is 329 g/mol. The molecule has 0 aliphatic rings. The van der Waals surface area contributed by atoms with Crippen LogP contribution in [0, 0.1) is 0 Å². The van der Waals surface area contributed by atoms with Gasteiger partial charge in [0.05, 0.1) is 12.0 Å². The molecule has 0 atom stereocenters. The second-order valence-electron chi connectivity index (χ2n) is 5.82. The summed E-state index contributed by atoms with van der Waals surface area (Å²) in [5.41, 5.74) is 6.11. The molecule has 2 rings (SSSR count). The van der Waals surface area contributed by atoms with Crippen LogP contribution in [0.1, 0.15) is 23.1 Å². The van der Waals surface area contributed by atoms with Crippen LogP contribution in [0.5, 0.6) is 0 Å². The normalized spacial score (nSPS) is 11.4. The van der Waals surface area contributed by atoms with Crippen molar-refractivity contribution in [3.63, 3.8) is 0 Å². The van der Waals surface area contributed by atoms with Crippen molar-refractivity contribution in [2.45, 2.75) is 25.6 Å². The first-order valence-corrected chi connectivity index (χ1v) is 8.08. The van der Waals surface area contributed by atoms with Crippen LogP contribution in [0.3, 0.4) is 0 Å². The number of rotatable bonds is 7. The van der Waals surface area contributed by atoms with Crippen molar-refractivity contribution < 1.29 is 18.0 Å². The first-order chi connectivity index (χ1) is 11.9. The molecule has 25 heavy (non-hydrogen) atoms. The van der Waals surface area contributed by atoms with E-state index in [0.717, 1.165) is 17.7 Å². The second-order valence-corrected chi connectivity index (χ2v) is 5.82. The van der Waals surface area contributed by atoms with Crippen LogP contribution in [0.15, 0.2) is 54.6 Å². The van der Waals surface area contributed by atoms with Gasteiger partial charge in [-0.15, -0.1) is 0 Å². The Hall–Kier alpha value is -2.34. The maximum absolute atomic E-state index is 12.8. The monoisotopic (exact) mass is 350 g/mol. The van der Waals surface area contributed by atoms with E-state index in [1.807, 2.05) is 30.3 Å². The van der Waals surface area contributed by atoms with Crippen molar-refractivity contribution >= 4 is 5.91 Å².